The molecule has 0 spiro atoms. The molecule has 0 N–H and O–H groups in total. The molecule has 0 bridgehead atoms. The first-order valence-electron chi connectivity index (χ1n) is 10.3. The molecule has 6 nitrogen and oxygen atoms in total. The molecule has 1 fully saturated rings. The monoisotopic (exact) mass is 507 g/mol. The van der Waals surface area contributed by atoms with E-state index in [0.717, 1.165) is 18.4 Å². The van der Waals surface area contributed by atoms with Crippen LogP contribution in [0.15, 0.2) is 41.3 Å². The molecule has 2 heterocycles. The van der Waals surface area contributed by atoms with Crippen molar-refractivity contribution in [1.29, 1.82) is 0 Å². The fourth-order valence-electron chi connectivity index (χ4n) is 4.49. The zero-order valence-corrected chi connectivity index (χ0v) is 19.3. The average Bonchev–Trinajstić information content (AvgIpc) is 2.74. The molecule has 1 saturated heterocycles. The Balaban J connectivity index is 1.98. The summed E-state index contributed by atoms with van der Waals surface area (Å²) in [6, 6.07) is 6.97. The van der Waals surface area contributed by atoms with Crippen molar-refractivity contribution in [2.75, 3.05) is 25.2 Å². The summed E-state index contributed by atoms with van der Waals surface area (Å²) in [4.78, 5) is -0.168. The molecular weight excluding hydrogens is 486 g/mol. The largest absolute Gasteiger partial charge is 0.490 e. The summed E-state index contributed by atoms with van der Waals surface area (Å²) in [5, 5.41) is 0.289. The summed E-state index contributed by atoms with van der Waals surface area (Å²) < 4.78 is 99.3. The van der Waals surface area contributed by atoms with Gasteiger partial charge in [-0.15, -0.1) is 0 Å². The van der Waals surface area contributed by atoms with Crippen molar-refractivity contribution in [3.8, 4) is 5.75 Å². The van der Waals surface area contributed by atoms with Gasteiger partial charge in [-0.25, -0.2) is 25.6 Å². The van der Waals surface area contributed by atoms with Crippen molar-refractivity contribution < 1.29 is 36.5 Å². The van der Waals surface area contributed by atoms with Crippen molar-refractivity contribution in [2.24, 2.45) is 5.92 Å². The molecule has 4 atom stereocenters. The summed E-state index contributed by atoms with van der Waals surface area (Å²) >= 11 is 5.91. The van der Waals surface area contributed by atoms with Crippen molar-refractivity contribution in [1.82, 2.24) is 0 Å². The van der Waals surface area contributed by atoms with Crippen LogP contribution in [-0.2, 0) is 29.2 Å². The SMILES string of the molecule is [2H]C(CS(C)(=O)=O)[C@@H]1OCC[C@@]2(S(=O)(=O)c3ccc(Cl)cc3)c3c(F)ccc(F)c3OC[C@@H]12. The second-order valence-electron chi connectivity index (χ2n) is 7.91. The standard InChI is InChI=1S/C21H21ClF2O6S2/c1-31(25,26)11-8-18-15-12-30-20-17(24)7-6-16(23)19(20)21(15,9-10-29-18)32(27,28)14-4-2-13(22)3-5-14/h2-7,15,18H,8-12H2,1H3/t15-,18-,21-/m0/s1/i8D/t8?,15-,18-,21-. The average molecular weight is 508 g/mol. The van der Waals surface area contributed by atoms with E-state index >= 15 is 4.39 Å². The molecule has 0 radical (unpaired) electrons. The number of fused-ring (bicyclic) bond motifs is 3. The first-order chi connectivity index (χ1) is 15.4. The van der Waals surface area contributed by atoms with Gasteiger partial charge in [-0.1, -0.05) is 11.6 Å². The highest BCUT2D eigenvalue weighted by molar-refractivity contribution is 7.92. The molecule has 11 heteroatoms. The third-order valence-electron chi connectivity index (χ3n) is 5.90. The molecule has 174 valence electrons. The van der Waals surface area contributed by atoms with Gasteiger partial charge in [0.15, 0.2) is 21.4 Å². The number of hydrogen-bond acceptors (Lipinski definition) is 6. The van der Waals surface area contributed by atoms with Gasteiger partial charge in [0.05, 0.1) is 28.9 Å². The number of benzene rings is 2. The van der Waals surface area contributed by atoms with Gasteiger partial charge >= 0.3 is 0 Å². The fourth-order valence-corrected chi connectivity index (χ4v) is 7.48. The van der Waals surface area contributed by atoms with Crippen LogP contribution in [-0.4, -0.2) is 48.2 Å². The Labute approximate surface area is 191 Å². The molecule has 0 aromatic heterocycles. The van der Waals surface area contributed by atoms with Crippen LogP contribution in [0.4, 0.5) is 8.78 Å². The van der Waals surface area contributed by atoms with Gasteiger partial charge < -0.3 is 9.47 Å². The lowest BCUT2D eigenvalue weighted by molar-refractivity contribution is -0.0732. The van der Waals surface area contributed by atoms with E-state index in [0.29, 0.717) is 0 Å². The van der Waals surface area contributed by atoms with Crippen LogP contribution in [0.2, 0.25) is 5.02 Å². The van der Waals surface area contributed by atoms with Crippen LogP contribution in [0.1, 0.15) is 19.8 Å². The minimum Gasteiger partial charge on any atom is -0.490 e. The minimum absolute atomic E-state index is 0.168. The summed E-state index contributed by atoms with van der Waals surface area (Å²) in [5.74, 6) is -4.16. The Bertz CT molecular complexity index is 1290. The molecule has 2 aliphatic heterocycles. The lowest BCUT2D eigenvalue weighted by Crippen LogP contribution is -2.57. The van der Waals surface area contributed by atoms with Gasteiger partial charge in [-0.3, -0.25) is 0 Å². The van der Waals surface area contributed by atoms with E-state index < -0.39 is 78.1 Å². The van der Waals surface area contributed by atoms with E-state index in [1.807, 2.05) is 0 Å². The normalized spacial score (nSPS) is 26.9. The van der Waals surface area contributed by atoms with Gasteiger partial charge in [0.1, 0.15) is 20.4 Å². The van der Waals surface area contributed by atoms with E-state index in [2.05, 4.69) is 0 Å². The third-order valence-corrected chi connectivity index (χ3v) is 9.52. The first-order valence-corrected chi connectivity index (χ1v) is 13.6. The van der Waals surface area contributed by atoms with E-state index in [1.54, 1.807) is 0 Å². The van der Waals surface area contributed by atoms with Crippen LogP contribution in [0.25, 0.3) is 0 Å². The maximum Gasteiger partial charge on any atom is 0.189 e. The number of rotatable bonds is 5. The lowest BCUT2D eigenvalue weighted by Gasteiger charge is -2.50. The van der Waals surface area contributed by atoms with E-state index in [9.17, 15) is 21.2 Å². The summed E-state index contributed by atoms with van der Waals surface area (Å²) in [5.41, 5.74) is -0.464. The molecule has 0 saturated carbocycles. The van der Waals surface area contributed by atoms with Gasteiger partial charge in [0.2, 0.25) is 0 Å². The predicted octanol–water partition coefficient (Wildman–Crippen LogP) is 3.52. The number of sulfone groups is 2. The van der Waals surface area contributed by atoms with Gasteiger partial charge in [0.25, 0.3) is 0 Å². The maximum absolute atomic E-state index is 15.3. The Hall–Kier alpha value is -1.75. The summed E-state index contributed by atoms with van der Waals surface area (Å²) in [7, 11) is -8.03. The molecule has 4 rings (SSSR count). The highest BCUT2D eigenvalue weighted by Crippen LogP contribution is 2.55. The Morgan fingerprint density at radius 3 is 2.44 bits per heavy atom. The Morgan fingerprint density at radius 1 is 1.12 bits per heavy atom. The second kappa shape index (κ2) is 8.23. The minimum atomic E-state index is -4.42. The molecule has 2 aromatic rings. The van der Waals surface area contributed by atoms with Crippen molar-refractivity contribution in [2.45, 2.75) is 28.6 Å². The van der Waals surface area contributed by atoms with E-state index in [1.165, 1.54) is 24.3 Å². The summed E-state index contributed by atoms with van der Waals surface area (Å²) in [6.45, 7) is -0.605. The van der Waals surface area contributed by atoms with E-state index in [-0.39, 0.29) is 22.9 Å². The first kappa shape index (κ1) is 22.1. The highest BCUT2D eigenvalue weighted by Gasteiger charge is 2.61. The second-order valence-corrected chi connectivity index (χ2v) is 12.7. The molecule has 0 aliphatic carbocycles. The smallest absolute Gasteiger partial charge is 0.189 e. The zero-order chi connectivity index (χ0) is 24.2. The van der Waals surface area contributed by atoms with Crippen LogP contribution in [0.5, 0.6) is 5.75 Å². The third kappa shape index (κ3) is 3.81. The van der Waals surface area contributed by atoms with Gasteiger partial charge in [-0.2, -0.15) is 0 Å². The number of ether oxygens (including phenoxy) is 2. The highest BCUT2D eigenvalue weighted by atomic mass is 35.5. The number of halogens is 3. The predicted molar refractivity (Wildman–Crippen MR) is 114 cm³/mol. The van der Waals surface area contributed by atoms with Crippen LogP contribution in [0, 0.1) is 17.6 Å². The lowest BCUT2D eigenvalue weighted by atomic mass is 9.75. The van der Waals surface area contributed by atoms with Crippen LogP contribution >= 0.6 is 11.6 Å². The molecule has 2 aliphatic rings. The summed E-state index contributed by atoms with van der Waals surface area (Å²) in [6.07, 6.45) is -1.86. The van der Waals surface area contributed by atoms with Crippen LogP contribution in [0.3, 0.4) is 0 Å². The topological polar surface area (TPSA) is 86.7 Å². The van der Waals surface area contributed by atoms with Crippen LogP contribution < -0.4 is 4.74 Å². The Kier molecular flexibility index (Phi) is 5.68. The molecule has 32 heavy (non-hydrogen) atoms. The van der Waals surface area contributed by atoms with Gasteiger partial charge in [-0.05, 0) is 49.2 Å². The van der Waals surface area contributed by atoms with Gasteiger partial charge in [0, 0.05) is 25.2 Å². The van der Waals surface area contributed by atoms with E-state index in [4.69, 9.17) is 22.4 Å². The van der Waals surface area contributed by atoms with Crippen molar-refractivity contribution in [3.05, 3.63) is 58.6 Å². The molecule has 1 unspecified atom stereocenters. The fraction of sp³-hybridized carbons (Fsp3) is 0.429. The molecule has 2 aromatic carbocycles. The number of hydrogen-bond donors (Lipinski definition) is 0. The molecular formula is C21H21ClF2O6S2. The zero-order valence-electron chi connectivity index (χ0n) is 17.9. The molecule has 0 amide bonds. The van der Waals surface area contributed by atoms with Crippen molar-refractivity contribution in [3.63, 3.8) is 0 Å². The quantitative estimate of drug-likeness (QED) is 0.615. The Morgan fingerprint density at radius 2 is 1.78 bits per heavy atom. The van der Waals surface area contributed by atoms with Crippen molar-refractivity contribution >= 4 is 31.3 Å². The maximum atomic E-state index is 15.3.